The van der Waals surface area contributed by atoms with Gasteiger partial charge in [-0.15, -0.1) is 11.7 Å². The van der Waals surface area contributed by atoms with E-state index >= 15 is 0 Å². The van der Waals surface area contributed by atoms with Gasteiger partial charge in [0, 0.05) is 18.7 Å². The Morgan fingerprint density at radius 3 is 2.52 bits per heavy atom. The molecule has 0 aliphatic heterocycles. The molecule has 1 aromatic heterocycles. The first kappa shape index (κ1) is 22.0. The molecule has 0 saturated carbocycles. The van der Waals surface area contributed by atoms with Gasteiger partial charge in [-0.3, -0.25) is 9.36 Å². The van der Waals surface area contributed by atoms with Gasteiger partial charge in [0.2, 0.25) is 15.9 Å². The zero-order valence-electron chi connectivity index (χ0n) is 16.1. The molecule has 2 aromatic rings. The number of nitrogens with zero attached hydrogens (tertiary/aromatic N) is 4. The lowest BCUT2D eigenvalue weighted by molar-refractivity contribution is 0.405. The second kappa shape index (κ2) is 9.27. The number of benzene rings is 1. The standard InChI is InChI=1S/C19H21N5O4S/c1-4-10-21-29(27,28)15-8-6-14(7-9-15)22-23-17-13(3)16(12-20)18(25)24(11-5-2)19(17)26/h4,6-9,21,26H,1,5,10-11H2,2-3H3. The van der Waals surface area contributed by atoms with Crippen molar-refractivity contribution in [3.05, 3.63) is 58.4 Å². The Kier molecular flexibility index (Phi) is 7.03. The average molecular weight is 415 g/mol. The van der Waals surface area contributed by atoms with Crippen molar-refractivity contribution in [2.75, 3.05) is 6.54 Å². The Morgan fingerprint density at radius 1 is 1.31 bits per heavy atom. The maximum absolute atomic E-state index is 12.3. The molecule has 0 saturated heterocycles. The van der Waals surface area contributed by atoms with Crippen LogP contribution in [0.2, 0.25) is 0 Å². The van der Waals surface area contributed by atoms with E-state index in [4.69, 9.17) is 0 Å². The van der Waals surface area contributed by atoms with Crippen molar-refractivity contribution in [1.29, 1.82) is 5.26 Å². The van der Waals surface area contributed by atoms with Crippen LogP contribution in [0.15, 0.2) is 56.8 Å². The second-order valence-electron chi connectivity index (χ2n) is 6.08. The van der Waals surface area contributed by atoms with E-state index in [1.54, 1.807) is 0 Å². The molecule has 0 atom stereocenters. The van der Waals surface area contributed by atoms with Gasteiger partial charge in [0.25, 0.3) is 5.56 Å². The molecule has 0 aliphatic rings. The van der Waals surface area contributed by atoms with E-state index in [9.17, 15) is 23.6 Å². The van der Waals surface area contributed by atoms with Crippen molar-refractivity contribution in [3.63, 3.8) is 0 Å². The fraction of sp³-hybridized carbons (Fsp3) is 0.263. The molecule has 0 unspecified atom stereocenters. The summed E-state index contributed by atoms with van der Waals surface area (Å²) in [6, 6.07) is 7.47. The van der Waals surface area contributed by atoms with Crippen molar-refractivity contribution in [2.45, 2.75) is 31.7 Å². The Balaban J connectivity index is 2.42. The van der Waals surface area contributed by atoms with E-state index < -0.39 is 15.6 Å². The molecule has 1 heterocycles. The van der Waals surface area contributed by atoms with Gasteiger partial charge in [0.1, 0.15) is 11.6 Å². The van der Waals surface area contributed by atoms with Gasteiger partial charge in [0.05, 0.1) is 10.6 Å². The van der Waals surface area contributed by atoms with E-state index in [-0.39, 0.29) is 40.7 Å². The van der Waals surface area contributed by atoms with Crippen molar-refractivity contribution >= 4 is 21.4 Å². The van der Waals surface area contributed by atoms with E-state index in [0.29, 0.717) is 12.1 Å². The van der Waals surface area contributed by atoms with Crippen LogP contribution in [-0.4, -0.2) is 24.6 Å². The van der Waals surface area contributed by atoms with Gasteiger partial charge in [-0.05, 0) is 37.6 Å². The summed E-state index contributed by atoms with van der Waals surface area (Å²) < 4.78 is 27.6. The molecule has 2 N–H and O–H groups in total. The summed E-state index contributed by atoms with van der Waals surface area (Å²) in [4.78, 5) is 12.4. The summed E-state index contributed by atoms with van der Waals surface area (Å²) in [6.07, 6.45) is 2.01. The lowest BCUT2D eigenvalue weighted by atomic mass is 10.1. The molecule has 2 rings (SSSR count). The number of azo groups is 1. The molecule has 10 heteroatoms. The fourth-order valence-electron chi connectivity index (χ4n) is 2.54. The minimum Gasteiger partial charge on any atom is -0.493 e. The number of hydrogen-bond donors (Lipinski definition) is 2. The lowest BCUT2D eigenvalue weighted by Gasteiger charge is -2.12. The molecule has 29 heavy (non-hydrogen) atoms. The topological polar surface area (TPSA) is 137 Å². The van der Waals surface area contributed by atoms with Crippen LogP contribution in [0.1, 0.15) is 24.5 Å². The number of nitriles is 1. The van der Waals surface area contributed by atoms with Crippen molar-refractivity contribution in [2.24, 2.45) is 10.2 Å². The van der Waals surface area contributed by atoms with Gasteiger partial charge in [-0.25, -0.2) is 13.1 Å². The number of sulfonamides is 1. The van der Waals surface area contributed by atoms with Crippen molar-refractivity contribution in [3.8, 4) is 11.9 Å². The van der Waals surface area contributed by atoms with Crippen LogP contribution in [0.3, 0.4) is 0 Å². The molecule has 9 nitrogen and oxygen atoms in total. The minimum atomic E-state index is -3.65. The highest BCUT2D eigenvalue weighted by Gasteiger charge is 2.19. The first-order valence-electron chi connectivity index (χ1n) is 8.75. The first-order valence-corrected chi connectivity index (χ1v) is 10.2. The molecule has 0 amide bonds. The summed E-state index contributed by atoms with van der Waals surface area (Å²) in [5, 5.41) is 27.7. The Labute approximate surface area is 168 Å². The molecule has 1 aromatic carbocycles. The molecular formula is C19H21N5O4S. The van der Waals surface area contributed by atoms with Gasteiger partial charge in [-0.1, -0.05) is 13.0 Å². The number of aromatic nitrogens is 1. The van der Waals surface area contributed by atoms with Gasteiger partial charge in [-0.2, -0.15) is 10.4 Å². The summed E-state index contributed by atoms with van der Waals surface area (Å²) in [6.45, 7) is 7.13. The van der Waals surface area contributed by atoms with Crippen LogP contribution in [0, 0.1) is 18.3 Å². The SMILES string of the molecule is C=CCNS(=O)(=O)c1ccc(N=Nc2c(C)c(C#N)c(=O)n(CCC)c2O)cc1. The van der Waals surface area contributed by atoms with Crippen LogP contribution < -0.4 is 10.3 Å². The Hall–Kier alpha value is -3.29. The van der Waals surface area contributed by atoms with Crippen LogP contribution in [0.25, 0.3) is 0 Å². The zero-order chi connectivity index (χ0) is 21.6. The monoisotopic (exact) mass is 415 g/mol. The second-order valence-corrected chi connectivity index (χ2v) is 7.84. The van der Waals surface area contributed by atoms with Crippen LogP contribution in [0.4, 0.5) is 11.4 Å². The maximum atomic E-state index is 12.3. The van der Waals surface area contributed by atoms with E-state index in [1.807, 2.05) is 13.0 Å². The highest BCUT2D eigenvalue weighted by molar-refractivity contribution is 7.89. The lowest BCUT2D eigenvalue weighted by Crippen LogP contribution is -2.23. The summed E-state index contributed by atoms with van der Waals surface area (Å²) in [5.41, 5.74) is -0.124. The summed E-state index contributed by atoms with van der Waals surface area (Å²) in [5.74, 6) is -0.370. The largest absolute Gasteiger partial charge is 0.493 e. The van der Waals surface area contributed by atoms with Gasteiger partial charge >= 0.3 is 0 Å². The third kappa shape index (κ3) is 4.77. The zero-order valence-corrected chi connectivity index (χ0v) is 16.9. The number of rotatable bonds is 8. The van der Waals surface area contributed by atoms with Crippen molar-refractivity contribution < 1.29 is 13.5 Å². The van der Waals surface area contributed by atoms with E-state index in [1.165, 1.54) is 37.3 Å². The van der Waals surface area contributed by atoms with E-state index in [2.05, 4.69) is 21.5 Å². The molecule has 0 bridgehead atoms. The summed E-state index contributed by atoms with van der Waals surface area (Å²) in [7, 11) is -3.65. The fourth-order valence-corrected chi connectivity index (χ4v) is 3.54. The Morgan fingerprint density at radius 2 is 1.97 bits per heavy atom. The molecule has 152 valence electrons. The van der Waals surface area contributed by atoms with Crippen LogP contribution in [0.5, 0.6) is 5.88 Å². The first-order chi connectivity index (χ1) is 13.8. The molecule has 0 fully saturated rings. The number of pyridine rings is 1. The maximum Gasteiger partial charge on any atom is 0.271 e. The van der Waals surface area contributed by atoms with Gasteiger partial charge in [0.15, 0.2) is 5.69 Å². The van der Waals surface area contributed by atoms with Crippen LogP contribution >= 0.6 is 0 Å². The van der Waals surface area contributed by atoms with E-state index in [0.717, 1.165) is 4.57 Å². The average Bonchev–Trinajstić information content (AvgIpc) is 2.70. The molecule has 0 radical (unpaired) electrons. The van der Waals surface area contributed by atoms with Crippen molar-refractivity contribution in [1.82, 2.24) is 9.29 Å². The third-order valence-corrected chi connectivity index (χ3v) is 5.49. The highest BCUT2D eigenvalue weighted by atomic mass is 32.2. The molecular weight excluding hydrogens is 394 g/mol. The summed E-state index contributed by atoms with van der Waals surface area (Å²) >= 11 is 0. The number of nitrogens with one attached hydrogen (secondary N) is 1. The minimum absolute atomic E-state index is 0.0129. The highest BCUT2D eigenvalue weighted by Crippen LogP contribution is 2.32. The Bertz CT molecular complexity index is 1140. The van der Waals surface area contributed by atoms with Gasteiger partial charge < -0.3 is 5.11 Å². The van der Waals surface area contributed by atoms with Crippen LogP contribution in [-0.2, 0) is 16.6 Å². The third-order valence-electron chi connectivity index (χ3n) is 4.05. The quantitative estimate of drug-likeness (QED) is 0.504. The smallest absolute Gasteiger partial charge is 0.271 e. The normalized spacial score (nSPS) is 11.5. The molecule has 0 aliphatic carbocycles. The number of hydrogen-bond acceptors (Lipinski definition) is 7. The molecule has 0 spiro atoms. The predicted octanol–water partition coefficient (Wildman–Crippen LogP) is 3.02. The predicted molar refractivity (Wildman–Crippen MR) is 108 cm³/mol. The number of aromatic hydroxyl groups is 1.